The van der Waals surface area contributed by atoms with Crippen LogP contribution in [0.3, 0.4) is 0 Å². The van der Waals surface area contributed by atoms with E-state index in [-0.39, 0.29) is 40.5 Å². The van der Waals surface area contributed by atoms with Gasteiger partial charge in [-0.05, 0) is 54.8 Å². The molecule has 12 heteroatoms. The summed E-state index contributed by atoms with van der Waals surface area (Å²) in [5.41, 5.74) is 0.628. The fraction of sp³-hybridized carbons (Fsp3) is 0.400. The van der Waals surface area contributed by atoms with Gasteiger partial charge in [-0.1, -0.05) is 23.2 Å². The highest BCUT2D eigenvalue weighted by molar-refractivity contribution is 7.89. The van der Waals surface area contributed by atoms with Crippen molar-refractivity contribution < 1.29 is 32.3 Å². The maximum atomic E-state index is 13.7. The van der Waals surface area contributed by atoms with E-state index in [9.17, 15) is 22.8 Å². The molecule has 0 aliphatic carbocycles. The molecule has 37 heavy (non-hydrogen) atoms. The standard InChI is InChI=1S/C25H26Cl2N2O7S/c1-35-23-7-3-18(26)13-17(23)12-16-2-4-19(30)15-29(24(16)31)37(33,34)20-5-6-22(27)21(14-20)25(32)28-8-10-36-11-9-28/h3,5-7,13-14,16H,2,4,8-12,15H2,1H3. The smallest absolute Gasteiger partial charge is 0.266 e. The van der Waals surface area contributed by atoms with Crippen LogP contribution < -0.4 is 4.74 Å². The molecule has 2 amide bonds. The molecule has 4 rings (SSSR count). The summed E-state index contributed by atoms with van der Waals surface area (Å²) in [5.74, 6) is -1.81. The van der Waals surface area contributed by atoms with Gasteiger partial charge in [-0.25, -0.2) is 12.7 Å². The summed E-state index contributed by atoms with van der Waals surface area (Å²) in [7, 11) is -2.98. The lowest BCUT2D eigenvalue weighted by Gasteiger charge is -2.27. The second kappa shape index (κ2) is 11.4. The molecule has 1 atom stereocenters. The van der Waals surface area contributed by atoms with E-state index < -0.39 is 34.3 Å². The zero-order valence-electron chi connectivity index (χ0n) is 20.1. The van der Waals surface area contributed by atoms with Crippen molar-refractivity contribution in [3.8, 4) is 5.75 Å². The Kier molecular flexibility index (Phi) is 8.42. The summed E-state index contributed by atoms with van der Waals surface area (Å²) >= 11 is 12.4. The van der Waals surface area contributed by atoms with Gasteiger partial charge in [0.2, 0.25) is 5.91 Å². The zero-order chi connectivity index (χ0) is 26.7. The lowest BCUT2D eigenvalue weighted by atomic mass is 9.93. The summed E-state index contributed by atoms with van der Waals surface area (Å²) in [4.78, 5) is 40.3. The Morgan fingerprint density at radius 3 is 2.54 bits per heavy atom. The van der Waals surface area contributed by atoms with Gasteiger partial charge in [0.15, 0.2) is 5.78 Å². The van der Waals surface area contributed by atoms with Crippen molar-refractivity contribution in [3.05, 3.63) is 57.6 Å². The van der Waals surface area contributed by atoms with Gasteiger partial charge in [0.05, 0.1) is 42.3 Å². The fourth-order valence-corrected chi connectivity index (χ4v) is 6.29. The lowest BCUT2D eigenvalue weighted by molar-refractivity contribution is -0.131. The predicted octanol–water partition coefficient (Wildman–Crippen LogP) is 3.21. The normalized spacial score (nSPS) is 19.1. The molecular weight excluding hydrogens is 543 g/mol. The van der Waals surface area contributed by atoms with Crippen LogP contribution in [0.15, 0.2) is 41.3 Å². The number of carbonyl (C=O) groups excluding carboxylic acids is 3. The first-order chi connectivity index (χ1) is 17.6. The first-order valence-electron chi connectivity index (χ1n) is 11.7. The Hall–Kier alpha value is -2.66. The minimum Gasteiger partial charge on any atom is -0.496 e. The highest BCUT2D eigenvalue weighted by Gasteiger charge is 2.39. The van der Waals surface area contributed by atoms with Crippen LogP contribution in [0.5, 0.6) is 5.75 Å². The van der Waals surface area contributed by atoms with Gasteiger partial charge >= 0.3 is 0 Å². The number of ketones is 1. The monoisotopic (exact) mass is 568 g/mol. The number of amides is 2. The topological polar surface area (TPSA) is 110 Å². The third-order valence-electron chi connectivity index (χ3n) is 6.45. The van der Waals surface area contributed by atoms with Crippen molar-refractivity contribution in [3.63, 3.8) is 0 Å². The average molecular weight is 569 g/mol. The first kappa shape index (κ1) is 27.4. The van der Waals surface area contributed by atoms with E-state index in [0.717, 1.165) is 6.07 Å². The molecule has 0 bridgehead atoms. The quantitative estimate of drug-likeness (QED) is 0.526. The molecule has 0 N–H and O–H groups in total. The highest BCUT2D eigenvalue weighted by atomic mass is 35.5. The van der Waals surface area contributed by atoms with Crippen LogP contribution in [-0.2, 0) is 30.8 Å². The fourth-order valence-electron chi connectivity index (χ4n) is 4.44. The number of halogens is 2. The number of Topliss-reactive ketones (excluding diaryl/α,β-unsaturated/α-hetero) is 1. The molecule has 1 unspecified atom stereocenters. The maximum absolute atomic E-state index is 13.7. The number of benzene rings is 2. The van der Waals surface area contributed by atoms with Crippen molar-refractivity contribution in [2.75, 3.05) is 40.0 Å². The van der Waals surface area contributed by atoms with Gasteiger partial charge in [-0.3, -0.25) is 14.4 Å². The number of hydrogen-bond donors (Lipinski definition) is 0. The van der Waals surface area contributed by atoms with Crippen LogP contribution >= 0.6 is 23.2 Å². The molecule has 0 saturated carbocycles. The van der Waals surface area contributed by atoms with E-state index in [4.69, 9.17) is 32.7 Å². The third kappa shape index (κ3) is 5.93. The first-order valence-corrected chi connectivity index (χ1v) is 13.9. The maximum Gasteiger partial charge on any atom is 0.266 e. The van der Waals surface area contributed by atoms with E-state index in [1.165, 1.54) is 24.1 Å². The van der Waals surface area contributed by atoms with E-state index in [0.29, 0.717) is 46.9 Å². The van der Waals surface area contributed by atoms with E-state index >= 15 is 0 Å². The van der Waals surface area contributed by atoms with Gasteiger partial charge in [0, 0.05) is 30.5 Å². The molecule has 2 aromatic rings. The molecule has 9 nitrogen and oxygen atoms in total. The molecule has 2 aliphatic rings. The lowest BCUT2D eigenvalue weighted by Crippen LogP contribution is -2.42. The molecule has 0 radical (unpaired) electrons. The number of hydrogen-bond acceptors (Lipinski definition) is 7. The van der Waals surface area contributed by atoms with Gasteiger partial charge in [0.1, 0.15) is 5.75 Å². The summed E-state index contributed by atoms with van der Waals surface area (Å²) in [6.45, 7) is 0.842. The number of ether oxygens (including phenoxy) is 2. The van der Waals surface area contributed by atoms with Crippen LogP contribution in [0.2, 0.25) is 10.0 Å². The minimum atomic E-state index is -4.47. The molecule has 198 valence electrons. The summed E-state index contributed by atoms with van der Waals surface area (Å²) in [6, 6.07) is 8.66. The predicted molar refractivity (Wildman–Crippen MR) is 137 cm³/mol. The number of morpholine rings is 1. The van der Waals surface area contributed by atoms with Crippen molar-refractivity contribution in [2.45, 2.75) is 24.2 Å². The van der Waals surface area contributed by atoms with Crippen LogP contribution in [0.1, 0.15) is 28.8 Å². The van der Waals surface area contributed by atoms with Crippen LogP contribution in [0.25, 0.3) is 0 Å². The van der Waals surface area contributed by atoms with Crippen molar-refractivity contribution >= 4 is 50.8 Å². The zero-order valence-corrected chi connectivity index (χ0v) is 22.4. The van der Waals surface area contributed by atoms with Crippen molar-refractivity contribution in [1.29, 1.82) is 0 Å². The van der Waals surface area contributed by atoms with Crippen LogP contribution in [-0.4, -0.2) is 75.2 Å². The van der Waals surface area contributed by atoms with Crippen molar-refractivity contribution in [1.82, 2.24) is 9.21 Å². The number of carbonyl (C=O) groups is 3. The Labute approximate surface area is 225 Å². The van der Waals surface area contributed by atoms with Gasteiger partial charge in [-0.2, -0.15) is 0 Å². The van der Waals surface area contributed by atoms with E-state index in [1.807, 2.05) is 0 Å². The Morgan fingerprint density at radius 2 is 1.84 bits per heavy atom. The van der Waals surface area contributed by atoms with E-state index in [1.54, 1.807) is 18.2 Å². The third-order valence-corrected chi connectivity index (χ3v) is 8.75. The molecule has 2 aromatic carbocycles. The average Bonchev–Trinajstić information content (AvgIpc) is 3.03. The molecule has 2 fully saturated rings. The van der Waals surface area contributed by atoms with Crippen LogP contribution in [0.4, 0.5) is 0 Å². The summed E-state index contributed by atoms with van der Waals surface area (Å²) in [5, 5.41) is 0.524. The molecule has 0 spiro atoms. The number of rotatable bonds is 6. The largest absolute Gasteiger partial charge is 0.496 e. The van der Waals surface area contributed by atoms with E-state index in [2.05, 4.69) is 0 Å². The molecule has 2 saturated heterocycles. The Balaban J connectivity index is 1.66. The second-order valence-electron chi connectivity index (χ2n) is 8.83. The highest BCUT2D eigenvalue weighted by Crippen LogP contribution is 2.31. The second-order valence-corrected chi connectivity index (χ2v) is 11.5. The van der Waals surface area contributed by atoms with Crippen molar-refractivity contribution in [2.24, 2.45) is 5.92 Å². The van der Waals surface area contributed by atoms with Gasteiger partial charge in [-0.15, -0.1) is 0 Å². The number of methoxy groups -OCH3 is 1. The molecular formula is C25H26Cl2N2O7S. The number of sulfonamides is 1. The molecule has 0 aromatic heterocycles. The van der Waals surface area contributed by atoms with Crippen LogP contribution in [0, 0.1) is 5.92 Å². The molecule has 2 aliphatic heterocycles. The van der Waals surface area contributed by atoms with Gasteiger partial charge < -0.3 is 14.4 Å². The SMILES string of the molecule is COc1ccc(Cl)cc1CC1CCC(=O)CN(S(=O)(=O)c2ccc(Cl)c(C(=O)N3CCOCC3)c2)C1=O. The Bertz CT molecular complexity index is 1330. The summed E-state index contributed by atoms with van der Waals surface area (Å²) < 4.78 is 38.5. The summed E-state index contributed by atoms with van der Waals surface area (Å²) in [6.07, 6.45) is 0.372. The molecule has 2 heterocycles. The number of nitrogens with zero attached hydrogens (tertiary/aromatic N) is 2. The minimum absolute atomic E-state index is 0.00143. The van der Waals surface area contributed by atoms with Gasteiger partial charge in [0.25, 0.3) is 15.9 Å². The Morgan fingerprint density at radius 1 is 1.11 bits per heavy atom.